The van der Waals surface area contributed by atoms with Crippen LogP contribution in [-0.2, 0) is 4.74 Å². The Labute approximate surface area is 187 Å². The summed E-state index contributed by atoms with van der Waals surface area (Å²) in [4.78, 5) is 5.51. The molecule has 27 heavy (non-hydrogen) atoms. The molecule has 4 atom stereocenters. The Morgan fingerprint density at radius 2 is 2.22 bits per heavy atom. The van der Waals surface area contributed by atoms with Gasteiger partial charge in [-0.1, -0.05) is 24.4 Å². The van der Waals surface area contributed by atoms with Crippen molar-refractivity contribution in [2.75, 3.05) is 19.7 Å². The molecule has 1 aromatic heterocycles. The molecule has 0 aromatic carbocycles. The maximum atomic E-state index is 10.4. The maximum Gasteiger partial charge on any atom is 0.191 e. The highest BCUT2D eigenvalue weighted by Crippen LogP contribution is 2.60. The molecule has 0 bridgehead atoms. The number of halogens is 2. The quantitative estimate of drug-likeness (QED) is 0.309. The summed E-state index contributed by atoms with van der Waals surface area (Å²) in [5, 5.41) is 17.4. The summed E-state index contributed by atoms with van der Waals surface area (Å²) >= 11 is 7.38. The molecule has 152 valence electrons. The minimum Gasteiger partial charge on any atom is -0.386 e. The molecule has 2 aliphatic carbocycles. The summed E-state index contributed by atoms with van der Waals surface area (Å²) in [6.45, 7) is 4.09. The Hall–Kier alpha value is -0.0900. The monoisotopic (exact) mass is 525 g/mol. The third kappa shape index (κ3) is 4.13. The van der Waals surface area contributed by atoms with Crippen molar-refractivity contribution in [1.82, 2.24) is 10.6 Å². The lowest BCUT2D eigenvalue weighted by Crippen LogP contribution is -2.69. The molecule has 1 aromatic rings. The zero-order chi connectivity index (χ0) is 18.1. The van der Waals surface area contributed by atoms with Gasteiger partial charge in [0.1, 0.15) is 6.10 Å². The number of nitrogens with one attached hydrogen (secondary N) is 2. The van der Waals surface area contributed by atoms with Gasteiger partial charge in [0.05, 0.1) is 17.0 Å². The van der Waals surface area contributed by atoms with Crippen LogP contribution in [0.15, 0.2) is 17.1 Å². The molecule has 1 spiro atoms. The SMILES string of the molecule is CCNC(=NCC(O)c1ccc(Cl)s1)NC1C2CCOC2C12CCCC2.I. The summed E-state index contributed by atoms with van der Waals surface area (Å²) in [5.41, 5.74) is 0.289. The molecule has 1 saturated heterocycles. The van der Waals surface area contributed by atoms with E-state index in [1.165, 1.54) is 37.0 Å². The Balaban J connectivity index is 0.00000210. The van der Waals surface area contributed by atoms with Crippen molar-refractivity contribution in [3.8, 4) is 0 Å². The van der Waals surface area contributed by atoms with Crippen molar-refractivity contribution in [2.24, 2.45) is 16.3 Å². The standard InChI is InChI=1S/C19H28ClN3O2S.HI/c1-2-21-18(22-11-13(24)14-5-6-15(20)26-14)23-16-12-7-10-25-17(12)19(16)8-3-4-9-19;/h5-6,12-13,16-17,24H,2-4,7-11H2,1H3,(H2,21,22,23);1H. The van der Waals surface area contributed by atoms with Gasteiger partial charge < -0.3 is 20.5 Å². The second kappa shape index (κ2) is 9.15. The van der Waals surface area contributed by atoms with E-state index in [1.54, 1.807) is 0 Å². The van der Waals surface area contributed by atoms with Crippen LogP contribution in [0.5, 0.6) is 0 Å². The predicted octanol–water partition coefficient (Wildman–Crippen LogP) is 3.96. The van der Waals surface area contributed by atoms with Gasteiger partial charge in [-0.05, 0) is 38.3 Å². The first kappa shape index (κ1) is 21.6. The smallest absolute Gasteiger partial charge is 0.191 e. The third-order valence-corrected chi connectivity index (χ3v) is 7.60. The molecule has 4 unspecified atom stereocenters. The number of hydrogen-bond acceptors (Lipinski definition) is 4. The van der Waals surface area contributed by atoms with Crippen molar-refractivity contribution in [3.05, 3.63) is 21.3 Å². The topological polar surface area (TPSA) is 65.9 Å². The van der Waals surface area contributed by atoms with Crippen LogP contribution in [0.1, 0.15) is 50.0 Å². The van der Waals surface area contributed by atoms with E-state index in [1.807, 2.05) is 12.1 Å². The number of guanidine groups is 1. The maximum absolute atomic E-state index is 10.4. The number of aliphatic hydroxyl groups excluding tert-OH is 1. The van der Waals surface area contributed by atoms with Crippen LogP contribution in [-0.4, -0.2) is 42.9 Å². The number of aliphatic hydroxyl groups is 1. The van der Waals surface area contributed by atoms with E-state index in [0.717, 1.165) is 30.4 Å². The molecule has 1 aliphatic heterocycles. The van der Waals surface area contributed by atoms with Gasteiger partial charge in [0.15, 0.2) is 5.96 Å². The molecule has 5 nitrogen and oxygen atoms in total. The number of nitrogens with zero attached hydrogens (tertiary/aromatic N) is 1. The molecular weight excluding hydrogens is 497 g/mol. The van der Waals surface area contributed by atoms with Crippen LogP contribution in [0.25, 0.3) is 0 Å². The van der Waals surface area contributed by atoms with Crippen molar-refractivity contribution in [2.45, 2.75) is 57.3 Å². The lowest BCUT2D eigenvalue weighted by atomic mass is 9.54. The molecule has 0 radical (unpaired) electrons. The number of hydrogen-bond donors (Lipinski definition) is 3. The van der Waals surface area contributed by atoms with Crippen LogP contribution in [0.4, 0.5) is 0 Å². The minimum atomic E-state index is -0.618. The van der Waals surface area contributed by atoms with E-state index in [-0.39, 0.29) is 29.4 Å². The van der Waals surface area contributed by atoms with Gasteiger partial charge in [0, 0.05) is 35.4 Å². The third-order valence-electron chi connectivity index (χ3n) is 6.27. The van der Waals surface area contributed by atoms with Gasteiger partial charge in [0.25, 0.3) is 0 Å². The highest BCUT2D eigenvalue weighted by Gasteiger charge is 2.65. The number of ether oxygens (including phenoxy) is 1. The summed E-state index contributed by atoms with van der Waals surface area (Å²) in [6, 6.07) is 4.12. The van der Waals surface area contributed by atoms with E-state index < -0.39 is 6.10 Å². The van der Waals surface area contributed by atoms with Crippen molar-refractivity contribution in [1.29, 1.82) is 0 Å². The molecule has 2 heterocycles. The molecule has 3 fully saturated rings. The molecular formula is C19H29ClIN3O2S. The van der Waals surface area contributed by atoms with Crippen molar-refractivity contribution < 1.29 is 9.84 Å². The first-order valence-electron chi connectivity index (χ1n) is 9.74. The Morgan fingerprint density at radius 3 is 2.89 bits per heavy atom. The lowest BCUT2D eigenvalue weighted by molar-refractivity contribution is -0.125. The predicted molar refractivity (Wildman–Crippen MR) is 121 cm³/mol. The fourth-order valence-corrected chi connectivity index (χ4v) is 6.18. The largest absolute Gasteiger partial charge is 0.386 e. The molecule has 2 saturated carbocycles. The first-order valence-corrected chi connectivity index (χ1v) is 10.9. The highest BCUT2D eigenvalue weighted by molar-refractivity contribution is 14.0. The van der Waals surface area contributed by atoms with Gasteiger partial charge in [-0.2, -0.15) is 0 Å². The Bertz CT molecular complexity index is 665. The molecule has 3 N–H and O–H groups in total. The van der Waals surface area contributed by atoms with Crippen molar-refractivity contribution >= 4 is 52.9 Å². The van der Waals surface area contributed by atoms with Crippen LogP contribution < -0.4 is 10.6 Å². The zero-order valence-corrected chi connectivity index (χ0v) is 19.5. The van der Waals surface area contributed by atoms with Gasteiger partial charge in [-0.25, -0.2) is 0 Å². The second-order valence-corrected chi connectivity index (χ2v) is 9.43. The average Bonchev–Trinajstić information content (AvgIpc) is 3.36. The van der Waals surface area contributed by atoms with Crippen LogP contribution in [0, 0.1) is 11.3 Å². The lowest BCUT2D eigenvalue weighted by Gasteiger charge is -2.57. The highest BCUT2D eigenvalue weighted by atomic mass is 127. The molecule has 4 rings (SSSR count). The normalized spacial score (nSPS) is 29.7. The number of thiophene rings is 1. The summed E-state index contributed by atoms with van der Waals surface area (Å²) < 4.78 is 6.76. The van der Waals surface area contributed by atoms with Crippen LogP contribution in [0.2, 0.25) is 4.34 Å². The van der Waals surface area contributed by atoms with Gasteiger partial charge in [-0.15, -0.1) is 35.3 Å². The Kier molecular flexibility index (Phi) is 7.33. The summed E-state index contributed by atoms with van der Waals surface area (Å²) in [6.07, 6.45) is 6.06. The fourth-order valence-electron chi connectivity index (χ4n) is 5.15. The van der Waals surface area contributed by atoms with Gasteiger partial charge in [0.2, 0.25) is 0 Å². The average molecular weight is 526 g/mol. The van der Waals surface area contributed by atoms with E-state index >= 15 is 0 Å². The van der Waals surface area contributed by atoms with Gasteiger partial charge >= 0.3 is 0 Å². The summed E-state index contributed by atoms with van der Waals surface area (Å²) in [7, 11) is 0. The second-order valence-electron chi connectivity index (χ2n) is 7.68. The van der Waals surface area contributed by atoms with E-state index in [2.05, 4.69) is 22.5 Å². The van der Waals surface area contributed by atoms with Crippen molar-refractivity contribution in [3.63, 3.8) is 0 Å². The summed E-state index contributed by atoms with van der Waals surface area (Å²) in [5.74, 6) is 1.40. The Morgan fingerprint density at radius 1 is 1.44 bits per heavy atom. The number of fused-ring (bicyclic) bond motifs is 2. The van der Waals surface area contributed by atoms with E-state index in [9.17, 15) is 5.11 Å². The molecule has 3 aliphatic rings. The first-order chi connectivity index (χ1) is 12.6. The minimum absolute atomic E-state index is 0. The molecule has 0 amide bonds. The zero-order valence-electron chi connectivity index (χ0n) is 15.6. The van der Waals surface area contributed by atoms with Crippen LogP contribution in [0.3, 0.4) is 0 Å². The molecule has 8 heteroatoms. The van der Waals surface area contributed by atoms with Crippen LogP contribution >= 0.6 is 46.9 Å². The van der Waals surface area contributed by atoms with Gasteiger partial charge in [-0.3, -0.25) is 4.99 Å². The fraction of sp³-hybridized carbons (Fsp3) is 0.737. The number of aliphatic imine (C=N–C) groups is 1. The van der Waals surface area contributed by atoms with E-state index in [4.69, 9.17) is 16.3 Å². The number of rotatable bonds is 5. The van der Waals surface area contributed by atoms with E-state index in [0.29, 0.717) is 28.9 Å².